The van der Waals surface area contributed by atoms with Gasteiger partial charge in [0, 0.05) is 9.79 Å². The van der Waals surface area contributed by atoms with Gasteiger partial charge in [-0.25, -0.2) is 0 Å². The Hall–Kier alpha value is -1.93. The van der Waals surface area contributed by atoms with Gasteiger partial charge in [0.05, 0.1) is 12.5 Å². The number of benzene rings is 2. The molecule has 0 spiro atoms. The maximum absolute atomic E-state index is 4.36. The first-order valence-electron chi connectivity index (χ1n) is 5.52. The molecule has 0 heterocycles. The van der Waals surface area contributed by atoms with Gasteiger partial charge in [0.25, 0.3) is 0 Å². The number of rotatable bonds is 4. The maximum atomic E-state index is 4.36. The van der Waals surface area contributed by atoms with Crippen molar-refractivity contribution in [2.45, 2.75) is 9.79 Å². The molecule has 0 atom stereocenters. The molecule has 0 unspecified atom stereocenters. The lowest BCUT2D eigenvalue weighted by Crippen LogP contribution is -1.70. The molecule has 0 aromatic heterocycles. The second kappa shape index (κ2) is 9.14. The highest BCUT2D eigenvalue weighted by Gasteiger charge is 1.93. The second-order valence-electron chi connectivity index (χ2n) is 3.20. The Bertz CT molecular complexity index is 408. The Balaban J connectivity index is 0.000000280. The van der Waals surface area contributed by atoms with E-state index in [0.717, 1.165) is 0 Å². The molecule has 18 heavy (non-hydrogen) atoms. The summed E-state index contributed by atoms with van der Waals surface area (Å²) in [6.45, 7) is 6.51. The van der Waals surface area contributed by atoms with Gasteiger partial charge < -0.3 is 4.74 Å². The van der Waals surface area contributed by atoms with Gasteiger partial charge >= 0.3 is 0 Å². The zero-order valence-electron chi connectivity index (χ0n) is 10.2. The van der Waals surface area contributed by atoms with Crippen LogP contribution in [0, 0.1) is 0 Å². The van der Waals surface area contributed by atoms with Crippen LogP contribution in [0.4, 0.5) is 0 Å². The minimum Gasteiger partial charge on any atom is -0.474 e. The molecule has 0 aliphatic rings. The van der Waals surface area contributed by atoms with Crippen molar-refractivity contribution < 1.29 is 4.74 Å². The lowest BCUT2D eigenvalue weighted by Gasteiger charge is -1.99. The number of hydrogen-bond acceptors (Lipinski definition) is 2. The van der Waals surface area contributed by atoms with Gasteiger partial charge in [-0.1, -0.05) is 61.3 Å². The molecule has 2 aromatic rings. The molecule has 2 rings (SSSR count). The van der Waals surface area contributed by atoms with Crippen LogP contribution in [0.25, 0.3) is 0 Å². The molecule has 0 saturated carbocycles. The summed E-state index contributed by atoms with van der Waals surface area (Å²) < 4.78 is 4.36. The van der Waals surface area contributed by atoms with Crippen LogP contribution < -0.4 is 0 Å². The minimum absolute atomic E-state index is 1.29. The van der Waals surface area contributed by atoms with Crippen molar-refractivity contribution in [2.75, 3.05) is 0 Å². The lowest BCUT2D eigenvalue weighted by molar-refractivity contribution is 0.406. The van der Waals surface area contributed by atoms with Crippen molar-refractivity contribution in [1.29, 1.82) is 0 Å². The minimum atomic E-state index is 1.29. The van der Waals surface area contributed by atoms with Crippen molar-refractivity contribution >= 4 is 11.8 Å². The van der Waals surface area contributed by atoms with Crippen molar-refractivity contribution in [3.63, 3.8) is 0 Å². The summed E-state index contributed by atoms with van der Waals surface area (Å²) in [4.78, 5) is 2.57. The molecule has 92 valence electrons. The summed E-state index contributed by atoms with van der Waals surface area (Å²) in [5, 5.41) is 0. The van der Waals surface area contributed by atoms with Gasteiger partial charge in [-0.2, -0.15) is 0 Å². The molecule has 0 N–H and O–H groups in total. The van der Waals surface area contributed by atoms with Crippen molar-refractivity contribution in [3.8, 4) is 0 Å². The molecular formula is C16H16OS. The average molecular weight is 256 g/mol. The number of ether oxygens (including phenoxy) is 1. The van der Waals surface area contributed by atoms with E-state index < -0.39 is 0 Å². The van der Waals surface area contributed by atoms with Gasteiger partial charge in [0.15, 0.2) is 0 Å². The molecule has 2 aromatic carbocycles. The van der Waals surface area contributed by atoms with Crippen LogP contribution in [0.2, 0.25) is 0 Å². The van der Waals surface area contributed by atoms with E-state index in [-0.39, 0.29) is 0 Å². The fourth-order valence-corrected chi connectivity index (χ4v) is 2.04. The largest absolute Gasteiger partial charge is 0.474 e. The molecule has 0 amide bonds. The summed E-state index contributed by atoms with van der Waals surface area (Å²) in [5.74, 6) is 0. The molecular weight excluding hydrogens is 240 g/mol. The van der Waals surface area contributed by atoms with Crippen molar-refractivity contribution in [1.82, 2.24) is 0 Å². The quantitative estimate of drug-likeness (QED) is 0.701. The molecule has 0 fully saturated rings. The molecule has 2 heteroatoms. The third-order valence-electron chi connectivity index (χ3n) is 1.91. The first-order chi connectivity index (χ1) is 8.86. The lowest BCUT2D eigenvalue weighted by atomic mass is 10.4. The first kappa shape index (κ1) is 14.1. The second-order valence-corrected chi connectivity index (χ2v) is 4.34. The average Bonchev–Trinajstić information content (AvgIpc) is 2.43. The van der Waals surface area contributed by atoms with Crippen molar-refractivity contribution in [3.05, 3.63) is 86.3 Å². The Morgan fingerprint density at radius 1 is 0.722 bits per heavy atom. The molecule has 0 radical (unpaired) electrons. The van der Waals surface area contributed by atoms with Gasteiger partial charge in [-0.15, -0.1) is 0 Å². The zero-order valence-corrected chi connectivity index (χ0v) is 11.0. The molecule has 0 aliphatic heterocycles. The first-order valence-corrected chi connectivity index (χ1v) is 6.33. The predicted octanol–water partition coefficient (Wildman–Crippen LogP) is 5.13. The van der Waals surface area contributed by atoms with Crippen LogP contribution in [0.3, 0.4) is 0 Å². The third-order valence-corrected chi connectivity index (χ3v) is 2.93. The van der Waals surface area contributed by atoms with E-state index in [2.05, 4.69) is 66.4 Å². The monoisotopic (exact) mass is 256 g/mol. The van der Waals surface area contributed by atoms with E-state index in [9.17, 15) is 0 Å². The van der Waals surface area contributed by atoms with Crippen LogP contribution in [0.5, 0.6) is 0 Å². The van der Waals surface area contributed by atoms with Crippen LogP contribution in [0.15, 0.2) is 96.1 Å². The highest BCUT2D eigenvalue weighted by molar-refractivity contribution is 7.99. The summed E-state index contributed by atoms with van der Waals surface area (Å²) in [6, 6.07) is 20.8. The van der Waals surface area contributed by atoms with Crippen molar-refractivity contribution in [2.24, 2.45) is 0 Å². The Labute approximate surface area is 113 Å². The van der Waals surface area contributed by atoms with E-state index >= 15 is 0 Å². The van der Waals surface area contributed by atoms with Crippen LogP contribution in [-0.2, 0) is 4.74 Å². The van der Waals surface area contributed by atoms with Gasteiger partial charge in [0.1, 0.15) is 0 Å². The summed E-state index contributed by atoms with van der Waals surface area (Å²) >= 11 is 1.79. The highest BCUT2D eigenvalue weighted by atomic mass is 32.2. The summed E-state index contributed by atoms with van der Waals surface area (Å²) in [6.07, 6.45) is 2.62. The van der Waals surface area contributed by atoms with E-state index in [1.165, 1.54) is 22.3 Å². The Morgan fingerprint density at radius 2 is 1.11 bits per heavy atom. The zero-order chi connectivity index (χ0) is 13.1. The van der Waals surface area contributed by atoms with Crippen LogP contribution in [-0.4, -0.2) is 0 Å². The standard InChI is InChI=1S/C12H10S.C4H6O/c1-3-7-11(8-4-1)13-12-9-5-2-6-10-12;1-3-5-4-2/h1-10H;3-4H,1-2H2. The van der Waals surface area contributed by atoms with E-state index in [1.807, 2.05) is 12.1 Å². The van der Waals surface area contributed by atoms with Gasteiger partial charge in [-0.05, 0) is 24.3 Å². The van der Waals surface area contributed by atoms with Gasteiger partial charge in [0.2, 0.25) is 0 Å². The summed E-state index contributed by atoms with van der Waals surface area (Å²) in [7, 11) is 0. The highest BCUT2D eigenvalue weighted by Crippen LogP contribution is 2.26. The van der Waals surface area contributed by atoms with Crippen LogP contribution in [0.1, 0.15) is 0 Å². The predicted molar refractivity (Wildman–Crippen MR) is 78.5 cm³/mol. The smallest absolute Gasteiger partial charge is 0.0829 e. The normalized spacial score (nSPS) is 8.67. The topological polar surface area (TPSA) is 9.23 Å². The molecule has 0 aliphatic carbocycles. The Morgan fingerprint density at radius 3 is 1.39 bits per heavy atom. The molecule has 1 nitrogen and oxygen atoms in total. The fraction of sp³-hybridized carbons (Fsp3) is 0. The fourth-order valence-electron chi connectivity index (χ4n) is 1.18. The van der Waals surface area contributed by atoms with Gasteiger partial charge in [-0.3, -0.25) is 0 Å². The van der Waals surface area contributed by atoms with E-state index in [0.29, 0.717) is 0 Å². The number of hydrogen-bond donors (Lipinski definition) is 0. The maximum Gasteiger partial charge on any atom is 0.0829 e. The molecule has 0 saturated heterocycles. The third kappa shape index (κ3) is 5.97. The SMILES string of the molecule is C=COC=C.c1ccc(Sc2ccccc2)cc1. The Kier molecular flexibility index (Phi) is 7.17. The molecule has 0 bridgehead atoms. The summed E-state index contributed by atoms with van der Waals surface area (Å²) in [5.41, 5.74) is 0. The van der Waals surface area contributed by atoms with E-state index in [4.69, 9.17) is 0 Å². The van der Waals surface area contributed by atoms with E-state index in [1.54, 1.807) is 11.8 Å². The van der Waals surface area contributed by atoms with Crippen LogP contribution >= 0.6 is 11.8 Å².